The van der Waals surface area contributed by atoms with E-state index in [9.17, 15) is 5.26 Å². The van der Waals surface area contributed by atoms with Crippen LogP contribution in [0.1, 0.15) is 113 Å². The molecule has 278 valence electrons. The predicted octanol–water partition coefficient (Wildman–Crippen LogP) is 15.7. The Morgan fingerprint density at radius 2 is 1.25 bits per heavy atom. The van der Waals surface area contributed by atoms with Crippen LogP contribution in [0.25, 0.3) is 0 Å². The highest BCUT2D eigenvalue weighted by Crippen LogP contribution is 2.37. The first-order chi connectivity index (χ1) is 23.6. The van der Waals surface area contributed by atoms with Gasteiger partial charge in [0.2, 0.25) is 0 Å². The summed E-state index contributed by atoms with van der Waals surface area (Å²) in [5.41, 5.74) is 5.60. The van der Waals surface area contributed by atoms with Crippen LogP contribution < -0.4 is 4.74 Å². The van der Waals surface area contributed by atoms with E-state index in [1.165, 1.54) is 21.0 Å². The summed E-state index contributed by atoms with van der Waals surface area (Å²) in [5.74, 6) is 0.976. The zero-order valence-corrected chi connectivity index (χ0v) is 35.2. The lowest BCUT2D eigenvalue weighted by molar-refractivity contribution is 0.481. The number of ether oxygens (including phenoxy) is 1. The average Bonchev–Trinajstić information content (AvgIpc) is 3.49. The molecule has 1 unspecified atom stereocenters. The Morgan fingerprint density at radius 1 is 0.692 bits per heavy atom. The Bertz CT molecular complexity index is 1940. The minimum Gasteiger partial charge on any atom is -0.456 e. The Hall–Kier alpha value is -3.04. The quantitative estimate of drug-likeness (QED) is 0.182. The molecule has 0 spiro atoms. The topological polar surface area (TPSA) is 45.9 Å². The van der Waals surface area contributed by atoms with E-state index >= 15 is 0 Å². The maximum Gasteiger partial charge on any atom is 0.146 e. The molecule has 0 fully saturated rings. The monoisotopic (exact) mass is 796 g/mol. The summed E-state index contributed by atoms with van der Waals surface area (Å²) >= 11 is 26.3. The first-order valence-electron chi connectivity index (χ1n) is 16.7. The van der Waals surface area contributed by atoms with Crippen LogP contribution in [0, 0.1) is 25.2 Å². The van der Waals surface area contributed by atoms with Crippen LogP contribution in [-0.4, -0.2) is 4.98 Å². The lowest BCUT2D eigenvalue weighted by atomic mass is 9.81. The Balaban J connectivity index is 0.000000285. The molecule has 1 aromatic heterocycles. The molecule has 0 aliphatic carbocycles. The first kappa shape index (κ1) is 45.1. The molecule has 0 saturated carbocycles. The van der Waals surface area contributed by atoms with Gasteiger partial charge in [-0.2, -0.15) is 5.26 Å². The van der Waals surface area contributed by atoms with Crippen molar-refractivity contribution in [2.24, 2.45) is 0 Å². The zero-order chi connectivity index (χ0) is 38.3. The highest BCUT2D eigenvalue weighted by Gasteiger charge is 2.23. The van der Waals surface area contributed by atoms with Gasteiger partial charge in [0.25, 0.3) is 0 Å². The van der Waals surface area contributed by atoms with Crippen molar-refractivity contribution in [1.29, 1.82) is 5.26 Å². The van der Waals surface area contributed by atoms with E-state index in [-0.39, 0.29) is 23.7 Å². The van der Waals surface area contributed by atoms with Crippen molar-refractivity contribution in [3.05, 3.63) is 143 Å². The largest absolute Gasteiger partial charge is 0.456 e. The molecule has 0 aliphatic rings. The van der Waals surface area contributed by atoms with Crippen LogP contribution in [0.4, 0.5) is 0 Å². The number of nitrogens with zero attached hydrogens (tertiary/aromatic N) is 2. The molecule has 1 atom stereocenters. The maximum absolute atomic E-state index is 9.61. The van der Waals surface area contributed by atoms with E-state index in [1.807, 2.05) is 60.8 Å². The molecule has 8 heteroatoms. The van der Waals surface area contributed by atoms with E-state index in [0.29, 0.717) is 25.8 Å². The van der Waals surface area contributed by atoms with E-state index < -0.39 is 5.92 Å². The number of aryl methyl sites for hydroxylation is 2. The molecule has 0 radical (unpaired) electrons. The van der Waals surface area contributed by atoms with Crippen molar-refractivity contribution in [2.45, 2.75) is 106 Å². The summed E-state index contributed by atoms with van der Waals surface area (Å²) in [6.07, 6.45) is 1.94. The first-order valence-corrected chi connectivity index (χ1v) is 19.0. The normalized spacial score (nSPS) is 11.9. The Labute approximate surface area is 336 Å². The minimum absolute atomic E-state index is 0. The van der Waals surface area contributed by atoms with E-state index in [4.69, 9.17) is 51.1 Å². The Kier molecular flexibility index (Phi) is 16.3. The second-order valence-electron chi connectivity index (χ2n) is 15.5. The predicted molar refractivity (Wildman–Crippen MR) is 228 cm³/mol. The van der Waals surface area contributed by atoms with Crippen LogP contribution >= 0.6 is 57.7 Å². The van der Waals surface area contributed by atoms with E-state index in [0.717, 1.165) is 22.4 Å². The lowest BCUT2D eigenvalue weighted by Crippen LogP contribution is -2.14. The van der Waals surface area contributed by atoms with Crippen LogP contribution in [0.2, 0.25) is 20.1 Å². The second-order valence-corrected chi connectivity index (χ2v) is 18.5. The number of hydrogen-bond acceptors (Lipinski definition) is 4. The van der Waals surface area contributed by atoms with Gasteiger partial charge in [0.05, 0.1) is 22.0 Å². The second kappa shape index (κ2) is 18.8. The number of thiazole rings is 1. The van der Waals surface area contributed by atoms with Gasteiger partial charge < -0.3 is 4.74 Å². The van der Waals surface area contributed by atoms with Crippen LogP contribution in [0.5, 0.6) is 11.5 Å². The van der Waals surface area contributed by atoms with Crippen LogP contribution in [0.15, 0.2) is 85.1 Å². The molecule has 1 heterocycles. The van der Waals surface area contributed by atoms with Crippen LogP contribution in [-0.2, 0) is 16.2 Å². The molecule has 4 aromatic carbocycles. The summed E-state index contributed by atoms with van der Waals surface area (Å²) < 4.78 is 5.74. The van der Waals surface area contributed by atoms with Gasteiger partial charge in [-0.15, -0.1) is 11.3 Å². The molecule has 0 bridgehead atoms. The highest BCUT2D eigenvalue weighted by atomic mass is 35.5. The fourth-order valence-electron chi connectivity index (χ4n) is 5.09. The molecule has 0 saturated heterocycles. The molecule has 5 aromatic rings. The summed E-state index contributed by atoms with van der Waals surface area (Å²) in [4.78, 5) is 5.60. The fourth-order valence-corrected chi connectivity index (χ4v) is 6.66. The van der Waals surface area contributed by atoms with Gasteiger partial charge in [0.1, 0.15) is 11.5 Å². The van der Waals surface area contributed by atoms with Gasteiger partial charge in [-0.25, -0.2) is 4.98 Å². The average molecular weight is 799 g/mol. The minimum atomic E-state index is -0.391. The van der Waals surface area contributed by atoms with Gasteiger partial charge in [-0.05, 0) is 107 Å². The summed E-state index contributed by atoms with van der Waals surface area (Å²) in [7, 11) is 0. The third-order valence-electron chi connectivity index (χ3n) is 7.90. The van der Waals surface area contributed by atoms with Crippen molar-refractivity contribution >= 4 is 57.7 Å². The van der Waals surface area contributed by atoms with Gasteiger partial charge in [-0.1, -0.05) is 140 Å². The SMILES string of the molecule is C.CC(C)(C)c1ccc(Oc2ccc(Cl)cc2)c(Cl)c1.Cc1cc(C(C#N)c2ccc(Cl)cc2)c(Cl)cc1C(C)(C)C.Cc1cnc(C(C)(C)C)s1. The molecule has 0 N–H and O–H groups in total. The van der Waals surface area contributed by atoms with Gasteiger partial charge in [0, 0.05) is 31.6 Å². The maximum atomic E-state index is 9.61. The molecule has 3 nitrogen and oxygen atoms in total. The molecule has 0 amide bonds. The fraction of sp³-hybridized carbons (Fsp3) is 0.364. The van der Waals surface area contributed by atoms with Crippen molar-refractivity contribution in [2.75, 3.05) is 0 Å². The van der Waals surface area contributed by atoms with E-state index in [1.54, 1.807) is 35.6 Å². The molecule has 5 rings (SSSR count). The standard InChI is InChI=1S/C19H19Cl2N.C16H16Cl2O.C8H13NS.CH4/c1-12-9-15(18(21)10-17(12)19(2,3)4)16(11-22)13-5-7-14(20)8-6-13;1-16(2,3)11-4-9-15(14(18)10-11)19-13-7-5-12(17)6-8-13;1-6-5-9-7(10-6)8(2,3)4;/h5-10,16H,1-4H3;4-10H,1-3H3;5H,1-4H3;1H4. The van der Waals surface area contributed by atoms with Crippen LogP contribution in [0.3, 0.4) is 0 Å². The molecule has 0 aliphatic heterocycles. The molecular weight excluding hydrogens is 746 g/mol. The summed E-state index contributed by atoms with van der Waals surface area (Å²) in [6, 6.07) is 26.8. The number of aromatic nitrogens is 1. The molecular formula is C44H52Cl4N2OS. The van der Waals surface area contributed by atoms with Gasteiger partial charge in [-0.3, -0.25) is 0 Å². The van der Waals surface area contributed by atoms with Crippen molar-refractivity contribution in [1.82, 2.24) is 4.98 Å². The third-order valence-corrected chi connectivity index (χ3v) is 10.4. The third kappa shape index (κ3) is 13.1. The Morgan fingerprint density at radius 3 is 1.67 bits per heavy atom. The smallest absolute Gasteiger partial charge is 0.146 e. The number of hydrogen-bond donors (Lipinski definition) is 0. The van der Waals surface area contributed by atoms with E-state index in [2.05, 4.69) is 87.2 Å². The van der Waals surface area contributed by atoms with Gasteiger partial charge >= 0.3 is 0 Å². The highest BCUT2D eigenvalue weighted by molar-refractivity contribution is 7.11. The number of halogens is 4. The number of nitriles is 1. The van der Waals surface area contributed by atoms with Crippen molar-refractivity contribution < 1.29 is 4.74 Å². The zero-order valence-electron chi connectivity index (χ0n) is 31.4. The summed E-state index contributed by atoms with van der Waals surface area (Å²) in [6.45, 7) is 23.6. The van der Waals surface area contributed by atoms with Crippen molar-refractivity contribution in [3.63, 3.8) is 0 Å². The number of rotatable bonds is 4. The molecule has 52 heavy (non-hydrogen) atoms. The summed E-state index contributed by atoms with van der Waals surface area (Å²) in [5, 5.41) is 13.4. The lowest BCUT2D eigenvalue weighted by Gasteiger charge is -2.24. The van der Waals surface area contributed by atoms with Gasteiger partial charge in [0.15, 0.2) is 0 Å². The number of benzene rings is 4. The van der Waals surface area contributed by atoms with Crippen molar-refractivity contribution in [3.8, 4) is 17.6 Å².